The summed E-state index contributed by atoms with van der Waals surface area (Å²) in [5.41, 5.74) is 1.69. The number of nitrogens with one attached hydrogen (secondary N) is 1. The Kier molecular flexibility index (Phi) is 6.30. The summed E-state index contributed by atoms with van der Waals surface area (Å²) >= 11 is 0. The third kappa shape index (κ3) is 4.58. The average molecular weight is 523 g/mol. The van der Waals surface area contributed by atoms with E-state index in [-0.39, 0.29) is 17.1 Å². The van der Waals surface area contributed by atoms with Gasteiger partial charge in [0.05, 0.1) is 12.9 Å². The maximum Gasteiger partial charge on any atom is 0.479 e. The molecule has 17 nitrogen and oxygen atoms in total. The van der Waals surface area contributed by atoms with Crippen LogP contribution in [0.15, 0.2) is 11.1 Å². The second-order valence-electron chi connectivity index (χ2n) is 6.75. The molecular formula is C11H17FN5O12P3. The van der Waals surface area contributed by atoms with Gasteiger partial charge in [0.2, 0.25) is 5.95 Å². The molecule has 1 aliphatic heterocycles. The van der Waals surface area contributed by atoms with Crippen molar-refractivity contribution in [2.75, 3.05) is 12.3 Å². The Balaban J connectivity index is 1.82. The lowest BCUT2D eigenvalue weighted by atomic mass is 9.98. The van der Waals surface area contributed by atoms with Gasteiger partial charge >= 0.3 is 22.4 Å². The van der Waals surface area contributed by atoms with E-state index in [4.69, 9.17) is 25.2 Å². The molecule has 1 fully saturated rings. The molecular weight excluding hydrogens is 506 g/mol. The number of nitrogens with two attached hydrogens (primary N) is 1. The fraction of sp³-hybridized carbons (Fsp3) is 0.545. The van der Waals surface area contributed by atoms with E-state index in [1.54, 1.807) is 0 Å². The van der Waals surface area contributed by atoms with E-state index < -0.39 is 58.7 Å². The molecule has 2 aromatic heterocycles. The zero-order valence-electron chi connectivity index (χ0n) is 15.7. The molecule has 3 rings (SSSR count). The molecule has 21 heteroatoms. The van der Waals surface area contributed by atoms with Crippen molar-refractivity contribution < 1.29 is 56.3 Å². The number of nitrogen functional groups attached to an aromatic ring is 1. The summed E-state index contributed by atoms with van der Waals surface area (Å²) in [5, 5.41) is 10.3. The summed E-state index contributed by atoms with van der Waals surface area (Å²) in [4.78, 5) is 57.6. The number of aromatic amines is 1. The van der Waals surface area contributed by atoms with Crippen LogP contribution >= 0.6 is 22.4 Å². The van der Waals surface area contributed by atoms with Gasteiger partial charge in [-0.1, -0.05) is 0 Å². The number of hydrogen-bond donors (Lipinski definition) is 7. The fourth-order valence-corrected chi connectivity index (χ4v) is 6.50. The Bertz CT molecular complexity index is 1240. The molecule has 2 aromatic rings. The number of aromatic nitrogens is 4. The number of ether oxygens (including phenoxy) is 1. The third-order valence-corrected chi connectivity index (χ3v) is 9.80. The summed E-state index contributed by atoms with van der Waals surface area (Å²) in [6.45, 7) is -0.218. The molecule has 0 radical (unpaired) electrons. The molecule has 180 valence electrons. The number of halogens is 1. The van der Waals surface area contributed by atoms with Crippen molar-refractivity contribution in [3.63, 3.8) is 0 Å². The van der Waals surface area contributed by atoms with Crippen LogP contribution in [0.3, 0.4) is 0 Å². The number of hydrogen-bond acceptors (Lipinski definition) is 11. The number of aliphatic hydroxyl groups is 1. The van der Waals surface area contributed by atoms with Crippen LogP contribution in [0.1, 0.15) is 13.2 Å². The Hall–Kier alpha value is -1.55. The highest BCUT2D eigenvalue weighted by Gasteiger charge is 2.56. The molecule has 0 saturated carbocycles. The van der Waals surface area contributed by atoms with Crippen molar-refractivity contribution in [2.24, 2.45) is 0 Å². The van der Waals surface area contributed by atoms with E-state index in [0.29, 0.717) is 0 Å². The van der Waals surface area contributed by atoms with Crippen molar-refractivity contribution in [1.82, 2.24) is 19.5 Å². The molecule has 0 aromatic carbocycles. The van der Waals surface area contributed by atoms with Gasteiger partial charge in [-0.05, 0) is 6.92 Å². The van der Waals surface area contributed by atoms with Gasteiger partial charge in [-0.25, -0.2) is 23.1 Å². The van der Waals surface area contributed by atoms with Crippen LogP contribution in [0, 0.1) is 0 Å². The van der Waals surface area contributed by atoms with E-state index in [9.17, 15) is 28.5 Å². The predicted octanol–water partition coefficient (Wildman–Crippen LogP) is -0.900. The normalized spacial score (nSPS) is 30.3. The Morgan fingerprint density at radius 1 is 1.34 bits per heavy atom. The maximum atomic E-state index is 15.3. The van der Waals surface area contributed by atoms with Crippen LogP contribution in [0.25, 0.3) is 11.2 Å². The van der Waals surface area contributed by atoms with Gasteiger partial charge in [0.15, 0.2) is 23.1 Å². The van der Waals surface area contributed by atoms with Gasteiger partial charge in [-0.15, -0.1) is 0 Å². The first kappa shape index (κ1) is 25.1. The van der Waals surface area contributed by atoms with Gasteiger partial charge in [-0.2, -0.15) is 9.29 Å². The van der Waals surface area contributed by atoms with Crippen LogP contribution in [-0.2, 0) is 27.3 Å². The number of phosphoric ester groups is 1. The Labute approximate surface area is 176 Å². The lowest BCUT2D eigenvalue weighted by Gasteiger charge is -2.24. The first-order chi connectivity index (χ1) is 14.5. The minimum absolute atomic E-state index is 0.201. The minimum Gasteiger partial charge on any atom is -0.387 e. The standard InChI is InChI=1S/C11H17FN5O12P3/c1-11(12)6(18)4(2-27-31(23,24)29-32(25,26)30(20,21)22)28-9(11)17-3-14-5-7(17)15-10(13)16-8(5)19/h3-4,6,9,18H,2H2,1H3,(H,23,24)(H,25,26)(H2,20,21,22)(H3,13,15,16,19)/t4-,6-,9-,11-/m1/s1. The van der Waals surface area contributed by atoms with E-state index >= 15 is 4.39 Å². The second kappa shape index (κ2) is 8.04. The molecule has 3 heterocycles. The van der Waals surface area contributed by atoms with Gasteiger partial charge in [0.1, 0.15) is 12.2 Å². The van der Waals surface area contributed by atoms with Gasteiger partial charge in [-0.3, -0.25) is 18.9 Å². The second-order valence-corrected chi connectivity index (χ2v) is 13.7. The summed E-state index contributed by atoms with van der Waals surface area (Å²) in [6, 6.07) is 0. The van der Waals surface area contributed by atoms with Crippen LogP contribution in [-0.4, -0.2) is 68.7 Å². The van der Waals surface area contributed by atoms with Gasteiger partial charge in [0, 0.05) is 0 Å². The number of alkyl halides is 1. The molecule has 0 amide bonds. The number of fused-ring (bicyclic) bond motifs is 1. The lowest BCUT2D eigenvalue weighted by molar-refractivity contribution is -0.0559. The Morgan fingerprint density at radius 3 is 2.56 bits per heavy atom. The lowest BCUT2D eigenvalue weighted by Crippen LogP contribution is -2.40. The summed E-state index contributed by atoms with van der Waals surface area (Å²) in [6.07, 6.45) is -4.42. The molecule has 2 unspecified atom stereocenters. The van der Waals surface area contributed by atoms with Crippen molar-refractivity contribution >= 4 is 39.5 Å². The number of aliphatic hydroxyl groups excluding tert-OH is 1. The maximum absolute atomic E-state index is 15.3. The topological polar surface area (TPSA) is 270 Å². The zero-order valence-corrected chi connectivity index (χ0v) is 18.4. The Morgan fingerprint density at radius 2 is 1.97 bits per heavy atom. The highest BCUT2D eigenvalue weighted by molar-refractivity contribution is 8.27. The largest absolute Gasteiger partial charge is 0.479 e. The number of nitrogens with zero attached hydrogens (tertiary/aromatic N) is 3. The fourth-order valence-electron chi connectivity index (χ4n) is 2.84. The SMILES string of the molecule is C[C@@]1(F)[C@H](O)[C@@H](COP(=O)(O)OP(=O)(O)P(=O)(O)O)O[C@H]1n1cnc2c(=O)[nH]c(N)nc21. The number of phosphoric acid groups is 1. The monoisotopic (exact) mass is 523 g/mol. The van der Waals surface area contributed by atoms with E-state index in [1.807, 2.05) is 0 Å². The van der Waals surface area contributed by atoms with Crippen molar-refractivity contribution in [3.8, 4) is 0 Å². The van der Waals surface area contributed by atoms with Gasteiger partial charge < -0.3 is 35.2 Å². The molecule has 8 N–H and O–H groups in total. The predicted molar refractivity (Wildman–Crippen MR) is 101 cm³/mol. The number of anilines is 1. The van der Waals surface area contributed by atoms with Crippen LogP contribution in [0.4, 0.5) is 10.3 Å². The molecule has 0 aliphatic carbocycles. The molecule has 1 aliphatic rings. The average Bonchev–Trinajstić information content (AvgIpc) is 3.11. The summed E-state index contributed by atoms with van der Waals surface area (Å²) in [7, 11) is -17.3. The number of H-pyrrole nitrogens is 1. The van der Waals surface area contributed by atoms with E-state index in [0.717, 1.165) is 17.8 Å². The highest BCUT2D eigenvalue weighted by Crippen LogP contribution is 2.80. The number of imidazole rings is 1. The van der Waals surface area contributed by atoms with Crippen molar-refractivity contribution in [3.05, 3.63) is 16.7 Å². The highest BCUT2D eigenvalue weighted by atomic mass is 32.1. The number of rotatable bonds is 7. The van der Waals surface area contributed by atoms with Crippen LogP contribution in [0.2, 0.25) is 0 Å². The molecule has 6 atom stereocenters. The van der Waals surface area contributed by atoms with Crippen molar-refractivity contribution in [1.29, 1.82) is 0 Å². The smallest absolute Gasteiger partial charge is 0.387 e. The zero-order chi connectivity index (χ0) is 24.3. The summed E-state index contributed by atoms with van der Waals surface area (Å²) < 4.78 is 63.6. The molecule has 0 bridgehead atoms. The molecule has 0 spiro atoms. The minimum atomic E-state index is -5.90. The quantitative estimate of drug-likeness (QED) is 0.217. The molecule has 32 heavy (non-hydrogen) atoms. The van der Waals surface area contributed by atoms with E-state index in [2.05, 4.69) is 23.8 Å². The third-order valence-electron chi connectivity index (χ3n) is 4.36. The van der Waals surface area contributed by atoms with Crippen LogP contribution < -0.4 is 11.3 Å². The first-order valence-electron chi connectivity index (χ1n) is 8.28. The van der Waals surface area contributed by atoms with Crippen molar-refractivity contribution in [2.45, 2.75) is 31.0 Å². The molecule has 1 saturated heterocycles. The van der Waals surface area contributed by atoms with Crippen LogP contribution in [0.5, 0.6) is 0 Å². The van der Waals surface area contributed by atoms with Gasteiger partial charge in [0.25, 0.3) is 5.56 Å². The first-order valence-corrected chi connectivity index (χ1v) is 13.7. The summed E-state index contributed by atoms with van der Waals surface area (Å²) in [5.74, 6) is -0.319. The van der Waals surface area contributed by atoms with E-state index in [1.165, 1.54) is 0 Å².